The highest BCUT2D eigenvalue weighted by atomic mass is 35.5. The highest BCUT2D eigenvalue weighted by molar-refractivity contribution is 7.99. The fraction of sp³-hybridized carbons (Fsp3) is 0.600. The lowest BCUT2D eigenvalue weighted by Crippen LogP contribution is -2.55. The maximum Gasteiger partial charge on any atom is 0.262 e. The summed E-state index contributed by atoms with van der Waals surface area (Å²) in [5.41, 5.74) is 3.03. The minimum Gasteiger partial charge on any atom is -0.490 e. The number of ether oxygens (including phenoxy) is 2. The monoisotopic (exact) mass is 642 g/mol. The number of nitrogens with one attached hydrogen (secondary N) is 1. The number of aliphatic hydroxyl groups excluding tert-OH is 1. The number of fused-ring (bicyclic) bond motifs is 4. The molecule has 4 aliphatic rings. The summed E-state index contributed by atoms with van der Waals surface area (Å²) in [6.07, 6.45) is 7.45. The lowest BCUT2D eigenvalue weighted by molar-refractivity contribution is -0.141. The number of methoxy groups -OCH3 is 1. The molecule has 2 aliphatic heterocycles. The van der Waals surface area contributed by atoms with E-state index in [0.717, 1.165) is 80.9 Å². The third kappa shape index (κ3) is 5.65. The van der Waals surface area contributed by atoms with E-state index in [4.69, 9.17) is 21.1 Å². The topological polar surface area (TPSA) is 88.1 Å². The molecule has 1 saturated carbocycles. The Bertz CT molecular complexity index is 1510. The van der Waals surface area contributed by atoms with E-state index in [9.17, 15) is 14.1 Å². The van der Waals surface area contributed by atoms with Crippen LogP contribution in [0.25, 0.3) is 0 Å². The predicted molar refractivity (Wildman–Crippen MR) is 178 cm³/mol. The van der Waals surface area contributed by atoms with E-state index in [1.807, 2.05) is 25.1 Å². The number of amides is 1. The molecular formula is C35H47ClN2O5S. The first-order valence-electron chi connectivity index (χ1n) is 16.2. The van der Waals surface area contributed by atoms with Gasteiger partial charge in [-0.3, -0.25) is 9.52 Å². The van der Waals surface area contributed by atoms with Crippen LogP contribution in [0.3, 0.4) is 0 Å². The second-order valence-electron chi connectivity index (χ2n) is 13.9. The third-order valence-electron chi connectivity index (χ3n) is 11.4. The van der Waals surface area contributed by atoms with Crippen molar-refractivity contribution in [3.63, 3.8) is 0 Å². The summed E-state index contributed by atoms with van der Waals surface area (Å²) in [5, 5.41) is 11.2. The normalized spacial score (nSPS) is 35.8. The molecule has 2 heterocycles. The molecule has 6 rings (SSSR count). The molecular weight excluding hydrogens is 596 g/mol. The minimum absolute atomic E-state index is 0.0291. The van der Waals surface area contributed by atoms with E-state index in [1.165, 1.54) is 11.1 Å². The summed E-state index contributed by atoms with van der Waals surface area (Å²) in [6, 6.07) is 11.8. The van der Waals surface area contributed by atoms with Crippen LogP contribution in [-0.2, 0) is 26.3 Å². The number of rotatable bonds is 2. The molecule has 1 unspecified atom stereocenters. The highest BCUT2D eigenvalue weighted by Gasteiger charge is 2.49. The molecule has 1 spiro atoms. The molecule has 2 aliphatic carbocycles. The zero-order valence-corrected chi connectivity index (χ0v) is 27.9. The first kappa shape index (κ1) is 31.7. The number of hydrogen-bond acceptors (Lipinski definition) is 6. The van der Waals surface area contributed by atoms with Crippen LogP contribution in [0.5, 0.6) is 5.75 Å². The van der Waals surface area contributed by atoms with Gasteiger partial charge in [-0.1, -0.05) is 31.0 Å². The SMILES string of the molecule is C=S1(=O)NC(=O)c2ccc3c(c2)N(C[C@@H]2CC[C@H]2[C@](CO)(OC)CCC[C@H](C)[C@H]1C)C[C@@]1(CCCc2cc(Cl)ccc21)CO3. The van der Waals surface area contributed by atoms with Crippen molar-refractivity contribution < 1.29 is 23.6 Å². The smallest absolute Gasteiger partial charge is 0.262 e. The average Bonchev–Trinajstić information content (AvgIpc) is 3.14. The van der Waals surface area contributed by atoms with Gasteiger partial charge in [-0.25, -0.2) is 4.21 Å². The molecule has 1 amide bonds. The van der Waals surface area contributed by atoms with Crippen molar-refractivity contribution in [1.82, 2.24) is 4.72 Å². The Balaban J connectivity index is 1.44. The van der Waals surface area contributed by atoms with Crippen LogP contribution in [0, 0.1) is 17.8 Å². The lowest BCUT2D eigenvalue weighted by atomic mass is 9.63. The van der Waals surface area contributed by atoms with Crippen molar-refractivity contribution in [1.29, 1.82) is 0 Å². The predicted octanol–water partition coefficient (Wildman–Crippen LogP) is 5.79. The van der Waals surface area contributed by atoms with Gasteiger partial charge in [0.2, 0.25) is 0 Å². The molecule has 240 valence electrons. The second kappa shape index (κ2) is 12.2. The molecule has 2 bridgehead atoms. The quantitative estimate of drug-likeness (QED) is 0.404. The zero-order valence-electron chi connectivity index (χ0n) is 26.3. The number of hydrogen-bond donors (Lipinski definition) is 2. The number of anilines is 1. The Hall–Kier alpha value is -2.26. The fourth-order valence-electron chi connectivity index (χ4n) is 8.36. The second-order valence-corrected chi connectivity index (χ2v) is 16.7. The summed E-state index contributed by atoms with van der Waals surface area (Å²) in [5.74, 6) is 4.96. The van der Waals surface area contributed by atoms with Crippen LogP contribution in [0.15, 0.2) is 36.4 Å². The van der Waals surface area contributed by atoms with E-state index in [0.29, 0.717) is 18.1 Å². The number of aliphatic hydroxyl groups is 1. The van der Waals surface area contributed by atoms with Gasteiger partial charge in [0.25, 0.3) is 5.91 Å². The van der Waals surface area contributed by atoms with Crippen molar-refractivity contribution in [3.05, 3.63) is 58.1 Å². The van der Waals surface area contributed by atoms with Gasteiger partial charge in [0.05, 0.1) is 34.2 Å². The highest BCUT2D eigenvalue weighted by Crippen LogP contribution is 2.49. The van der Waals surface area contributed by atoms with E-state index < -0.39 is 15.3 Å². The van der Waals surface area contributed by atoms with Gasteiger partial charge in [0, 0.05) is 41.5 Å². The van der Waals surface area contributed by atoms with Crippen molar-refractivity contribution in [2.24, 2.45) is 17.8 Å². The minimum atomic E-state index is -2.92. The van der Waals surface area contributed by atoms with Crippen molar-refractivity contribution >= 4 is 38.8 Å². The standard InChI is InChI=1S/C35H47ClN2O5S/c1-23-7-5-16-35(21-39,42-3)30-12-9-27(30)19-38-20-34(15-6-8-25-17-28(36)11-13-29(25)34)22-43-32-14-10-26(18-31(32)38)33(40)37-44(4,41)24(23)2/h10-11,13-14,17-18,23-24,27,30,39H,4-9,12,15-16,19-22H2,1-3H3,(H,37,40,41)/t23-,24+,27-,30+,34-,35-,44?/m0/s1. The number of halogens is 1. The first-order valence-corrected chi connectivity index (χ1v) is 18.3. The Labute approximate surface area is 267 Å². The van der Waals surface area contributed by atoms with Gasteiger partial charge in [0.15, 0.2) is 0 Å². The van der Waals surface area contributed by atoms with Crippen LogP contribution >= 0.6 is 11.6 Å². The third-order valence-corrected chi connectivity index (χ3v) is 13.9. The van der Waals surface area contributed by atoms with Gasteiger partial charge < -0.3 is 19.5 Å². The van der Waals surface area contributed by atoms with E-state index in [2.05, 4.69) is 34.5 Å². The van der Waals surface area contributed by atoms with Gasteiger partial charge in [-0.15, -0.1) is 0 Å². The lowest BCUT2D eigenvalue weighted by Gasteiger charge is -2.51. The number of aryl methyl sites for hydroxylation is 1. The van der Waals surface area contributed by atoms with Crippen LogP contribution in [0.2, 0.25) is 5.02 Å². The van der Waals surface area contributed by atoms with Gasteiger partial charge in [-0.05, 0) is 117 Å². The molecule has 0 aromatic heterocycles. The molecule has 44 heavy (non-hydrogen) atoms. The molecule has 7 nitrogen and oxygen atoms in total. The molecule has 2 aromatic carbocycles. The Morgan fingerprint density at radius 2 is 1.98 bits per heavy atom. The largest absolute Gasteiger partial charge is 0.490 e. The fourth-order valence-corrected chi connectivity index (χ4v) is 10.1. The molecule has 0 radical (unpaired) electrons. The van der Waals surface area contributed by atoms with E-state index >= 15 is 0 Å². The summed E-state index contributed by atoms with van der Waals surface area (Å²) in [4.78, 5) is 16.0. The van der Waals surface area contributed by atoms with Crippen LogP contribution in [-0.4, -0.2) is 65.4 Å². The molecule has 7 atom stereocenters. The average molecular weight is 643 g/mol. The Kier molecular flexibility index (Phi) is 8.76. The number of carbonyl (C=O) groups excluding carboxylic acids is 1. The molecule has 0 saturated heterocycles. The summed E-state index contributed by atoms with van der Waals surface area (Å²) in [6.45, 7) is 5.98. The number of carbonyl (C=O) groups is 1. The Morgan fingerprint density at radius 3 is 2.70 bits per heavy atom. The molecule has 2 aromatic rings. The maximum atomic E-state index is 13.8. The summed E-state index contributed by atoms with van der Waals surface area (Å²) in [7, 11) is -1.19. The maximum absolute atomic E-state index is 13.8. The van der Waals surface area contributed by atoms with Crippen molar-refractivity contribution in [2.75, 3.05) is 38.3 Å². The van der Waals surface area contributed by atoms with Crippen LogP contribution in [0.4, 0.5) is 5.69 Å². The van der Waals surface area contributed by atoms with Gasteiger partial charge in [0.1, 0.15) is 5.75 Å². The van der Waals surface area contributed by atoms with E-state index in [1.54, 1.807) is 13.2 Å². The molecule has 1 fully saturated rings. The van der Waals surface area contributed by atoms with Gasteiger partial charge >= 0.3 is 0 Å². The number of nitrogens with zero attached hydrogens (tertiary/aromatic N) is 1. The Morgan fingerprint density at radius 1 is 1.16 bits per heavy atom. The van der Waals surface area contributed by atoms with Crippen molar-refractivity contribution in [2.45, 2.75) is 81.5 Å². The van der Waals surface area contributed by atoms with E-state index in [-0.39, 0.29) is 35.0 Å². The zero-order chi connectivity index (χ0) is 31.3. The van der Waals surface area contributed by atoms with Crippen LogP contribution in [0.1, 0.15) is 80.3 Å². The van der Waals surface area contributed by atoms with Crippen molar-refractivity contribution in [3.8, 4) is 5.75 Å². The summed E-state index contributed by atoms with van der Waals surface area (Å²) < 4.78 is 29.4. The molecule has 9 heteroatoms. The first-order chi connectivity index (χ1) is 21.0. The molecule has 2 N–H and O–H groups in total. The number of benzene rings is 2. The van der Waals surface area contributed by atoms with Crippen LogP contribution < -0.4 is 14.4 Å². The van der Waals surface area contributed by atoms with Gasteiger partial charge in [-0.2, -0.15) is 0 Å². The summed E-state index contributed by atoms with van der Waals surface area (Å²) >= 11 is 6.43.